The van der Waals surface area contributed by atoms with Crippen molar-refractivity contribution >= 4 is 17.6 Å². The number of rotatable bonds is 5. The van der Waals surface area contributed by atoms with E-state index in [0.29, 0.717) is 5.57 Å². The Kier molecular flexibility index (Phi) is 6.14. The fourth-order valence-electron chi connectivity index (χ4n) is 6.57. The molecule has 2 aliphatic carbocycles. The largest absolute Gasteiger partial charge is 0.497 e. The fourth-order valence-corrected chi connectivity index (χ4v) is 6.57. The van der Waals surface area contributed by atoms with Crippen molar-refractivity contribution in [3.05, 3.63) is 151 Å². The standard InChI is InChI=1S/C37H30O5/c1-22-28-17-18-30-29-8-6-5-7-23(29)21-32(30)34(28)35-31(33(22)36(38)41-4)19-20-37(42-35,24-9-13-26(39-2)14-10-24)25-11-15-27(40-3)16-12-25/h5-21,35H,1-4H3. The van der Waals surface area contributed by atoms with Crippen molar-refractivity contribution in [3.63, 3.8) is 0 Å². The molecule has 4 aromatic rings. The Balaban J connectivity index is 1.53. The van der Waals surface area contributed by atoms with Gasteiger partial charge in [-0.25, -0.2) is 4.79 Å². The van der Waals surface area contributed by atoms with Gasteiger partial charge in [-0.3, -0.25) is 0 Å². The van der Waals surface area contributed by atoms with Gasteiger partial charge in [-0.2, -0.15) is 0 Å². The molecule has 0 aromatic heterocycles. The van der Waals surface area contributed by atoms with Crippen LogP contribution in [0.5, 0.6) is 11.5 Å². The van der Waals surface area contributed by atoms with Crippen LogP contribution in [0.3, 0.4) is 0 Å². The molecule has 0 N–H and O–H groups in total. The summed E-state index contributed by atoms with van der Waals surface area (Å²) in [6.07, 6.45) is 5.79. The molecule has 0 radical (unpaired) electrons. The Hall–Kier alpha value is -4.87. The van der Waals surface area contributed by atoms with Gasteiger partial charge in [-0.05, 0) is 92.1 Å². The van der Waals surface area contributed by atoms with Crippen LogP contribution in [0.15, 0.2) is 108 Å². The number of ether oxygens (including phenoxy) is 4. The number of hydrogen-bond acceptors (Lipinski definition) is 5. The molecule has 3 aliphatic rings. The Morgan fingerprint density at radius 3 is 2.00 bits per heavy atom. The lowest BCUT2D eigenvalue weighted by atomic mass is 9.77. The summed E-state index contributed by atoms with van der Waals surface area (Å²) in [6, 6.07) is 28.6. The molecule has 208 valence electrons. The molecule has 0 spiro atoms. The normalized spacial score (nSPS) is 17.4. The Morgan fingerprint density at radius 1 is 0.762 bits per heavy atom. The minimum atomic E-state index is -0.954. The second kappa shape index (κ2) is 9.89. The van der Waals surface area contributed by atoms with Crippen molar-refractivity contribution in [2.75, 3.05) is 21.3 Å². The predicted molar refractivity (Wildman–Crippen MR) is 161 cm³/mol. The molecule has 1 heterocycles. The molecule has 1 unspecified atom stereocenters. The van der Waals surface area contributed by atoms with E-state index in [2.05, 4.69) is 42.5 Å². The van der Waals surface area contributed by atoms with Gasteiger partial charge >= 0.3 is 5.97 Å². The summed E-state index contributed by atoms with van der Waals surface area (Å²) in [5.74, 6) is 1.14. The first-order valence-electron chi connectivity index (χ1n) is 13.9. The van der Waals surface area contributed by atoms with Crippen LogP contribution >= 0.6 is 0 Å². The maximum Gasteiger partial charge on any atom is 0.338 e. The van der Waals surface area contributed by atoms with Gasteiger partial charge in [-0.1, -0.05) is 66.7 Å². The topological polar surface area (TPSA) is 54.0 Å². The van der Waals surface area contributed by atoms with Crippen molar-refractivity contribution < 1.29 is 23.7 Å². The zero-order chi connectivity index (χ0) is 29.0. The van der Waals surface area contributed by atoms with Crippen LogP contribution in [0.2, 0.25) is 0 Å². The van der Waals surface area contributed by atoms with Crippen LogP contribution in [0, 0.1) is 10.4 Å². The quantitative estimate of drug-likeness (QED) is 0.274. The van der Waals surface area contributed by atoms with E-state index in [-0.39, 0.29) is 5.97 Å². The molecule has 0 fully saturated rings. The summed E-state index contributed by atoms with van der Waals surface area (Å²) in [7, 11) is 4.74. The van der Waals surface area contributed by atoms with E-state index in [4.69, 9.17) is 18.9 Å². The Morgan fingerprint density at radius 2 is 1.38 bits per heavy atom. The minimum Gasteiger partial charge on any atom is -0.497 e. The average molecular weight is 555 g/mol. The van der Waals surface area contributed by atoms with Crippen molar-refractivity contribution in [3.8, 4) is 11.5 Å². The maximum absolute atomic E-state index is 13.3. The number of esters is 1. The van der Waals surface area contributed by atoms with Crippen molar-refractivity contribution in [1.82, 2.24) is 0 Å². The third-order valence-electron chi connectivity index (χ3n) is 8.68. The molecular weight excluding hydrogens is 524 g/mol. The van der Waals surface area contributed by atoms with Crippen LogP contribution < -0.4 is 19.9 Å². The first-order chi connectivity index (χ1) is 20.5. The summed E-state index contributed by atoms with van der Waals surface area (Å²) in [5.41, 5.74) is 5.32. The number of methoxy groups -OCH3 is 3. The Labute approximate surface area is 243 Å². The Bertz CT molecular complexity index is 1990. The molecule has 7 rings (SSSR count). The number of benzene rings is 4. The van der Waals surface area contributed by atoms with Crippen LogP contribution in [-0.2, 0) is 19.9 Å². The molecule has 4 aromatic carbocycles. The maximum atomic E-state index is 13.3. The monoisotopic (exact) mass is 554 g/mol. The molecule has 1 atom stereocenters. The number of fused-ring (bicyclic) bond motifs is 6. The summed E-state index contributed by atoms with van der Waals surface area (Å²) in [4.78, 5) is 13.3. The molecule has 1 aliphatic heterocycles. The number of carbonyl (C=O) groups excluding carboxylic acids is 1. The predicted octanol–water partition coefficient (Wildman–Crippen LogP) is 5.36. The van der Waals surface area contributed by atoms with Crippen molar-refractivity contribution in [1.29, 1.82) is 0 Å². The van der Waals surface area contributed by atoms with Gasteiger partial charge in [0.15, 0.2) is 0 Å². The SMILES string of the molecule is COC(=O)C1=C2C=CC(c3ccc(OC)cc3)(c3ccc(OC)cc3)OC2c2c3c(ccc2=C1C)=c1ccccc1=C3. The molecule has 0 saturated carbocycles. The van der Waals surface area contributed by atoms with E-state index in [0.717, 1.165) is 55.3 Å². The fraction of sp³-hybridized carbons (Fsp3) is 0.162. The molecular formula is C37H30O5. The molecule has 0 amide bonds. The third kappa shape index (κ3) is 3.77. The lowest BCUT2D eigenvalue weighted by Crippen LogP contribution is -2.39. The zero-order valence-electron chi connectivity index (χ0n) is 23.9. The highest BCUT2D eigenvalue weighted by molar-refractivity contribution is 6.04. The lowest BCUT2D eigenvalue weighted by Gasteiger charge is -2.42. The molecule has 42 heavy (non-hydrogen) atoms. The molecule has 5 nitrogen and oxygen atoms in total. The third-order valence-corrected chi connectivity index (χ3v) is 8.68. The smallest absolute Gasteiger partial charge is 0.338 e. The summed E-state index contributed by atoms with van der Waals surface area (Å²) < 4.78 is 23.6. The van der Waals surface area contributed by atoms with E-state index in [1.165, 1.54) is 17.5 Å². The summed E-state index contributed by atoms with van der Waals surface area (Å²) in [5, 5.41) is 4.52. The number of carbonyl (C=O) groups is 1. The second-order valence-corrected chi connectivity index (χ2v) is 10.7. The van der Waals surface area contributed by atoms with E-state index in [9.17, 15) is 4.79 Å². The van der Waals surface area contributed by atoms with Gasteiger partial charge in [0.1, 0.15) is 23.2 Å². The molecule has 0 bridgehead atoms. The van der Waals surface area contributed by atoms with Crippen LogP contribution in [0.4, 0.5) is 0 Å². The zero-order valence-corrected chi connectivity index (χ0v) is 23.9. The highest BCUT2D eigenvalue weighted by Gasteiger charge is 2.44. The van der Waals surface area contributed by atoms with Gasteiger partial charge in [-0.15, -0.1) is 0 Å². The molecule has 0 saturated heterocycles. The average Bonchev–Trinajstić information content (AvgIpc) is 3.43. The highest BCUT2D eigenvalue weighted by atomic mass is 16.5. The van der Waals surface area contributed by atoms with Crippen molar-refractivity contribution in [2.24, 2.45) is 0 Å². The van der Waals surface area contributed by atoms with E-state index in [1.807, 2.05) is 67.6 Å². The summed E-state index contributed by atoms with van der Waals surface area (Å²) in [6.45, 7) is 1.99. The van der Waals surface area contributed by atoms with E-state index >= 15 is 0 Å². The molecule has 5 heteroatoms. The van der Waals surface area contributed by atoms with Gasteiger partial charge in [0, 0.05) is 5.56 Å². The summed E-state index contributed by atoms with van der Waals surface area (Å²) >= 11 is 0. The van der Waals surface area contributed by atoms with Gasteiger partial charge in [0.05, 0.1) is 26.9 Å². The van der Waals surface area contributed by atoms with Crippen LogP contribution in [0.25, 0.3) is 11.6 Å². The van der Waals surface area contributed by atoms with Gasteiger partial charge in [0.25, 0.3) is 0 Å². The van der Waals surface area contributed by atoms with E-state index in [1.54, 1.807) is 14.2 Å². The van der Waals surface area contributed by atoms with Gasteiger partial charge < -0.3 is 18.9 Å². The van der Waals surface area contributed by atoms with E-state index < -0.39 is 11.7 Å². The first kappa shape index (κ1) is 26.1. The first-order valence-corrected chi connectivity index (χ1v) is 13.9. The number of hydrogen-bond donors (Lipinski definition) is 0. The second-order valence-electron chi connectivity index (χ2n) is 10.7. The van der Waals surface area contributed by atoms with Crippen molar-refractivity contribution in [2.45, 2.75) is 18.6 Å². The van der Waals surface area contributed by atoms with Gasteiger partial charge in [0.2, 0.25) is 0 Å². The minimum absolute atomic E-state index is 0.374. The highest BCUT2D eigenvalue weighted by Crippen LogP contribution is 2.49. The lowest BCUT2D eigenvalue weighted by molar-refractivity contribution is -0.135. The van der Waals surface area contributed by atoms with Crippen LogP contribution in [0.1, 0.15) is 35.3 Å². The van der Waals surface area contributed by atoms with Crippen LogP contribution in [-0.4, -0.2) is 27.3 Å².